The molecule has 0 aliphatic carbocycles. The Kier molecular flexibility index (Phi) is 4.02. The lowest BCUT2D eigenvalue weighted by molar-refractivity contribution is -0.123. The molecule has 1 amide bonds. The highest BCUT2D eigenvalue weighted by Gasteiger charge is 2.44. The van der Waals surface area contributed by atoms with Crippen LogP contribution in [0, 0.1) is 5.92 Å². The van der Waals surface area contributed by atoms with Crippen LogP contribution in [0.3, 0.4) is 0 Å². The number of carbonyl (C=O) groups excluding carboxylic acids is 1. The van der Waals surface area contributed by atoms with E-state index >= 15 is 0 Å². The molecule has 3 atom stereocenters. The lowest BCUT2D eigenvalue weighted by Gasteiger charge is -2.32. The number of likely N-dealkylation sites (tertiary alicyclic amines) is 1. The van der Waals surface area contributed by atoms with Crippen LogP contribution < -0.4 is 14.8 Å². The largest absolute Gasteiger partial charge is 0.454 e. The number of morpholine rings is 1. The van der Waals surface area contributed by atoms with Gasteiger partial charge in [0, 0.05) is 50.2 Å². The molecular weight excluding hydrogens is 348 g/mol. The summed E-state index contributed by atoms with van der Waals surface area (Å²) < 4.78 is 18.5. The summed E-state index contributed by atoms with van der Waals surface area (Å²) in [5.41, 5.74) is 1.90. The zero-order valence-electron chi connectivity index (χ0n) is 15.1. The smallest absolute Gasteiger partial charge is 0.231 e. The van der Waals surface area contributed by atoms with Gasteiger partial charge in [-0.3, -0.25) is 14.4 Å². The fourth-order valence-corrected chi connectivity index (χ4v) is 4.16. The van der Waals surface area contributed by atoms with Gasteiger partial charge in [-0.05, 0) is 18.6 Å². The predicted octanol–water partition coefficient (Wildman–Crippen LogP) is 1.38. The average molecular weight is 370 g/mol. The van der Waals surface area contributed by atoms with E-state index in [0.29, 0.717) is 11.5 Å². The summed E-state index contributed by atoms with van der Waals surface area (Å²) in [5.74, 6) is 1.24. The van der Waals surface area contributed by atoms with Crippen LogP contribution in [-0.2, 0) is 23.1 Å². The van der Waals surface area contributed by atoms with Crippen molar-refractivity contribution in [2.45, 2.75) is 25.2 Å². The predicted molar refractivity (Wildman–Crippen MR) is 96.4 cm³/mol. The van der Waals surface area contributed by atoms with Crippen molar-refractivity contribution in [1.29, 1.82) is 0 Å². The molecule has 2 bridgehead atoms. The molecule has 1 aromatic heterocycles. The summed E-state index contributed by atoms with van der Waals surface area (Å²) in [4.78, 5) is 15.2. The fraction of sp³-hybridized carbons (Fsp3) is 0.474. The molecule has 0 spiro atoms. The third-order valence-corrected chi connectivity index (χ3v) is 5.37. The van der Waals surface area contributed by atoms with Gasteiger partial charge in [0.15, 0.2) is 11.5 Å². The van der Waals surface area contributed by atoms with E-state index in [1.54, 1.807) is 6.07 Å². The lowest BCUT2D eigenvalue weighted by atomic mass is 9.99. The molecule has 2 aromatic rings. The molecule has 5 rings (SSSR count). The van der Waals surface area contributed by atoms with E-state index in [1.807, 2.05) is 36.3 Å². The maximum absolute atomic E-state index is 12.8. The topological polar surface area (TPSA) is 77.9 Å². The van der Waals surface area contributed by atoms with Gasteiger partial charge in [0.05, 0.1) is 24.3 Å². The molecule has 2 fully saturated rings. The van der Waals surface area contributed by atoms with Gasteiger partial charge in [0.1, 0.15) is 0 Å². The maximum atomic E-state index is 12.8. The second kappa shape index (κ2) is 6.54. The highest BCUT2D eigenvalue weighted by Crippen LogP contribution is 2.36. The van der Waals surface area contributed by atoms with Gasteiger partial charge in [-0.1, -0.05) is 0 Å². The van der Waals surface area contributed by atoms with Crippen LogP contribution in [0.2, 0.25) is 0 Å². The molecular formula is C19H22N4O4. The summed E-state index contributed by atoms with van der Waals surface area (Å²) in [6, 6.07) is 5.45. The number of aryl methyl sites for hydroxylation is 1. The Morgan fingerprint density at radius 1 is 1.30 bits per heavy atom. The number of aromatic nitrogens is 2. The summed E-state index contributed by atoms with van der Waals surface area (Å²) in [5, 5.41) is 7.23. The number of benzene rings is 1. The summed E-state index contributed by atoms with van der Waals surface area (Å²) >= 11 is 0. The van der Waals surface area contributed by atoms with Crippen molar-refractivity contribution in [3.05, 3.63) is 36.2 Å². The first-order valence-corrected chi connectivity index (χ1v) is 9.20. The SMILES string of the molecule is Cn1cc(CN2C[C@H]3C[C@H](C(=O)Nc4ccc5c(c4)OCO5)[C@@H](C2)O3)cn1. The molecule has 0 saturated carbocycles. The van der Waals surface area contributed by atoms with Crippen molar-refractivity contribution in [2.75, 3.05) is 25.2 Å². The first-order chi connectivity index (χ1) is 13.1. The molecule has 2 saturated heterocycles. The van der Waals surface area contributed by atoms with Crippen molar-refractivity contribution in [1.82, 2.24) is 14.7 Å². The minimum atomic E-state index is -0.140. The van der Waals surface area contributed by atoms with E-state index in [1.165, 1.54) is 5.56 Å². The fourth-order valence-electron chi connectivity index (χ4n) is 4.16. The summed E-state index contributed by atoms with van der Waals surface area (Å²) in [6.45, 7) is 2.66. The van der Waals surface area contributed by atoms with E-state index < -0.39 is 0 Å². The van der Waals surface area contributed by atoms with Crippen molar-refractivity contribution >= 4 is 11.6 Å². The Bertz CT molecular complexity index is 867. The Hall–Kier alpha value is -2.58. The van der Waals surface area contributed by atoms with Gasteiger partial charge in [0.2, 0.25) is 12.7 Å². The zero-order chi connectivity index (χ0) is 18.4. The van der Waals surface area contributed by atoms with E-state index in [-0.39, 0.29) is 30.8 Å². The minimum absolute atomic E-state index is 0.00425. The Balaban J connectivity index is 1.23. The number of rotatable bonds is 4. The molecule has 4 heterocycles. The first kappa shape index (κ1) is 16.6. The molecule has 142 valence electrons. The van der Waals surface area contributed by atoms with Gasteiger partial charge in [-0.2, -0.15) is 5.10 Å². The van der Waals surface area contributed by atoms with Crippen LogP contribution in [-0.4, -0.2) is 52.7 Å². The maximum Gasteiger partial charge on any atom is 0.231 e. The van der Waals surface area contributed by atoms with Crippen LogP contribution in [0.25, 0.3) is 0 Å². The number of nitrogens with one attached hydrogen (secondary N) is 1. The standard InChI is InChI=1S/C19H22N4O4/c1-22-7-12(6-20-22)8-23-9-14-5-15(18(10-23)27-14)19(24)21-13-2-3-16-17(4-13)26-11-25-16/h2-4,6-7,14-15,18H,5,8-11H2,1H3,(H,21,24)/t14-,15+,18-/m1/s1. The van der Waals surface area contributed by atoms with Crippen LogP contribution in [0.4, 0.5) is 5.69 Å². The summed E-state index contributed by atoms with van der Waals surface area (Å²) in [7, 11) is 1.92. The van der Waals surface area contributed by atoms with E-state index in [4.69, 9.17) is 14.2 Å². The van der Waals surface area contributed by atoms with Crippen LogP contribution >= 0.6 is 0 Å². The Labute approximate surface area is 157 Å². The number of amides is 1. The van der Waals surface area contributed by atoms with Gasteiger partial charge >= 0.3 is 0 Å². The van der Waals surface area contributed by atoms with E-state index in [0.717, 1.165) is 31.7 Å². The van der Waals surface area contributed by atoms with Crippen molar-refractivity contribution in [3.63, 3.8) is 0 Å². The molecule has 1 N–H and O–H groups in total. The molecule has 8 heteroatoms. The molecule has 8 nitrogen and oxygen atoms in total. The molecule has 27 heavy (non-hydrogen) atoms. The summed E-state index contributed by atoms with van der Waals surface area (Å²) in [6.07, 6.45) is 4.70. The second-order valence-corrected chi connectivity index (χ2v) is 7.41. The number of anilines is 1. The third kappa shape index (κ3) is 3.26. The third-order valence-electron chi connectivity index (χ3n) is 5.37. The Morgan fingerprint density at radius 2 is 2.19 bits per heavy atom. The first-order valence-electron chi connectivity index (χ1n) is 9.20. The lowest BCUT2D eigenvalue weighted by Crippen LogP contribution is -2.44. The van der Waals surface area contributed by atoms with Gasteiger partial charge in [-0.25, -0.2) is 0 Å². The monoisotopic (exact) mass is 370 g/mol. The normalized spacial score (nSPS) is 26.3. The van der Waals surface area contributed by atoms with Gasteiger partial charge in [-0.15, -0.1) is 0 Å². The van der Waals surface area contributed by atoms with Crippen molar-refractivity contribution in [3.8, 4) is 11.5 Å². The van der Waals surface area contributed by atoms with Crippen molar-refractivity contribution in [2.24, 2.45) is 13.0 Å². The molecule has 0 radical (unpaired) electrons. The number of hydrogen-bond acceptors (Lipinski definition) is 6. The van der Waals surface area contributed by atoms with Crippen LogP contribution in [0.15, 0.2) is 30.6 Å². The number of fused-ring (bicyclic) bond motifs is 3. The minimum Gasteiger partial charge on any atom is -0.454 e. The van der Waals surface area contributed by atoms with Crippen molar-refractivity contribution < 1.29 is 19.0 Å². The number of hydrogen-bond donors (Lipinski definition) is 1. The number of carbonyl (C=O) groups is 1. The highest BCUT2D eigenvalue weighted by atomic mass is 16.7. The Morgan fingerprint density at radius 3 is 3.04 bits per heavy atom. The molecule has 1 aromatic carbocycles. The van der Waals surface area contributed by atoms with E-state index in [9.17, 15) is 4.79 Å². The van der Waals surface area contributed by atoms with Gasteiger partial charge in [0.25, 0.3) is 0 Å². The van der Waals surface area contributed by atoms with Crippen LogP contribution in [0.5, 0.6) is 11.5 Å². The van der Waals surface area contributed by atoms with E-state index in [2.05, 4.69) is 15.3 Å². The molecule has 3 aliphatic rings. The highest BCUT2D eigenvalue weighted by molar-refractivity contribution is 5.93. The molecule has 3 aliphatic heterocycles. The average Bonchev–Trinajstić information content (AvgIpc) is 3.34. The number of nitrogens with zero attached hydrogens (tertiary/aromatic N) is 3. The van der Waals surface area contributed by atoms with Gasteiger partial charge < -0.3 is 19.5 Å². The zero-order valence-corrected chi connectivity index (χ0v) is 15.1. The quantitative estimate of drug-likeness (QED) is 0.876. The molecule has 0 unspecified atom stereocenters. The number of ether oxygens (including phenoxy) is 3. The van der Waals surface area contributed by atoms with Crippen LogP contribution in [0.1, 0.15) is 12.0 Å². The second-order valence-electron chi connectivity index (χ2n) is 7.41.